The number of aromatic nitrogens is 2. The van der Waals surface area contributed by atoms with E-state index in [1.165, 1.54) is 11.8 Å². The van der Waals surface area contributed by atoms with Crippen LogP contribution in [0.4, 0.5) is 0 Å². The summed E-state index contributed by atoms with van der Waals surface area (Å²) in [5, 5.41) is 4.96. The van der Waals surface area contributed by atoms with Crippen LogP contribution >= 0.6 is 0 Å². The molecule has 144 valence electrons. The predicted octanol–water partition coefficient (Wildman–Crippen LogP) is 2.85. The van der Waals surface area contributed by atoms with Crippen LogP contribution in [0.1, 0.15) is 34.2 Å². The monoisotopic (exact) mass is 380 g/mol. The maximum atomic E-state index is 12.6. The number of benzene rings is 2. The molecule has 0 bridgehead atoms. The van der Waals surface area contributed by atoms with Crippen LogP contribution in [0.3, 0.4) is 0 Å². The molecule has 0 aliphatic heterocycles. The molecule has 0 fully saturated rings. The first kappa shape index (κ1) is 19.3. The first-order chi connectivity index (χ1) is 13.5. The average molecular weight is 380 g/mol. The van der Waals surface area contributed by atoms with Crippen LogP contribution in [0.25, 0.3) is 10.8 Å². The summed E-state index contributed by atoms with van der Waals surface area (Å²) in [5.41, 5.74) is 0.164. The van der Waals surface area contributed by atoms with E-state index in [1.54, 1.807) is 48.5 Å². The molecule has 3 rings (SSSR count). The van der Waals surface area contributed by atoms with Crippen molar-refractivity contribution in [2.75, 3.05) is 13.7 Å². The molecule has 0 N–H and O–H groups in total. The number of rotatable bonds is 7. The zero-order valence-corrected chi connectivity index (χ0v) is 15.7. The lowest BCUT2D eigenvalue weighted by atomic mass is 10.1. The molecule has 7 nitrogen and oxygen atoms in total. The fraction of sp³-hybridized carbons (Fsp3) is 0.238. The number of methoxy groups -OCH3 is 1. The third-order valence-corrected chi connectivity index (χ3v) is 4.24. The van der Waals surface area contributed by atoms with Gasteiger partial charge in [-0.05, 0) is 36.8 Å². The minimum Gasteiger partial charge on any atom is -0.497 e. The lowest BCUT2D eigenvalue weighted by Gasteiger charge is -2.10. The van der Waals surface area contributed by atoms with Gasteiger partial charge in [-0.15, -0.1) is 0 Å². The second kappa shape index (κ2) is 8.47. The van der Waals surface area contributed by atoms with Gasteiger partial charge in [0.05, 0.1) is 12.5 Å². The molecular weight excluding hydrogens is 360 g/mol. The number of carbonyl (C=O) groups is 2. The lowest BCUT2D eigenvalue weighted by Crippen LogP contribution is -2.27. The Morgan fingerprint density at radius 1 is 1.04 bits per heavy atom. The van der Waals surface area contributed by atoms with E-state index in [9.17, 15) is 14.4 Å². The standard InChI is InChI=1S/C21H20N2O5/c1-3-12-23-20(25)17-7-5-4-6-16(17)19(22-23)21(26)28-13-18(24)14-8-10-15(27-2)11-9-14/h4-11H,3,12-13H2,1-2H3. The maximum absolute atomic E-state index is 12.6. The molecule has 0 amide bonds. The highest BCUT2D eigenvalue weighted by Crippen LogP contribution is 2.15. The maximum Gasteiger partial charge on any atom is 0.359 e. The number of hydrogen-bond acceptors (Lipinski definition) is 6. The summed E-state index contributed by atoms with van der Waals surface area (Å²) in [6, 6.07) is 13.2. The van der Waals surface area contributed by atoms with Crippen LogP contribution < -0.4 is 10.3 Å². The average Bonchev–Trinajstić information content (AvgIpc) is 2.74. The molecule has 0 saturated heterocycles. The van der Waals surface area contributed by atoms with Gasteiger partial charge in [0.15, 0.2) is 18.1 Å². The predicted molar refractivity (Wildman–Crippen MR) is 104 cm³/mol. The van der Waals surface area contributed by atoms with Gasteiger partial charge in [0.25, 0.3) is 5.56 Å². The number of hydrogen-bond donors (Lipinski definition) is 0. The van der Waals surface area contributed by atoms with Gasteiger partial charge in [-0.3, -0.25) is 9.59 Å². The summed E-state index contributed by atoms with van der Waals surface area (Å²) in [6.45, 7) is 1.87. The molecule has 1 aromatic heterocycles. The van der Waals surface area contributed by atoms with E-state index in [4.69, 9.17) is 9.47 Å². The highest BCUT2D eigenvalue weighted by molar-refractivity contribution is 6.04. The van der Waals surface area contributed by atoms with Crippen molar-refractivity contribution in [1.29, 1.82) is 0 Å². The third-order valence-electron chi connectivity index (χ3n) is 4.24. The summed E-state index contributed by atoms with van der Waals surface area (Å²) >= 11 is 0. The Hall–Kier alpha value is -3.48. The van der Waals surface area contributed by atoms with Crippen LogP contribution in [0.5, 0.6) is 5.75 Å². The van der Waals surface area contributed by atoms with Crippen LogP contribution in [0.2, 0.25) is 0 Å². The summed E-state index contributed by atoms with van der Waals surface area (Å²) in [5.74, 6) is -0.465. The normalized spacial score (nSPS) is 10.6. The molecule has 28 heavy (non-hydrogen) atoms. The number of ether oxygens (including phenoxy) is 2. The minimum absolute atomic E-state index is 0.0196. The molecule has 3 aromatic rings. The quantitative estimate of drug-likeness (QED) is 0.463. The molecule has 0 aliphatic rings. The Morgan fingerprint density at radius 3 is 2.36 bits per heavy atom. The fourth-order valence-corrected chi connectivity index (χ4v) is 2.81. The van der Waals surface area contributed by atoms with E-state index in [2.05, 4.69) is 5.10 Å². The number of nitrogens with zero attached hydrogens (tertiary/aromatic N) is 2. The molecular formula is C21H20N2O5. The molecule has 2 aromatic carbocycles. The largest absolute Gasteiger partial charge is 0.497 e. The molecule has 0 aliphatic carbocycles. The van der Waals surface area contributed by atoms with Crippen molar-refractivity contribution in [1.82, 2.24) is 9.78 Å². The molecule has 0 spiro atoms. The summed E-state index contributed by atoms with van der Waals surface area (Å²) in [7, 11) is 1.54. The van der Waals surface area contributed by atoms with Crippen LogP contribution in [-0.2, 0) is 11.3 Å². The highest BCUT2D eigenvalue weighted by atomic mass is 16.5. The number of esters is 1. The van der Waals surface area contributed by atoms with E-state index in [0.717, 1.165) is 0 Å². The van der Waals surface area contributed by atoms with Gasteiger partial charge in [0, 0.05) is 17.5 Å². The van der Waals surface area contributed by atoms with Gasteiger partial charge in [0.2, 0.25) is 0 Å². The van der Waals surface area contributed by atoms with Gasteiger partial charge >= 0.3 is 5.97 Å². The lowest BCUT2D eigenvalue weighted by molar-refractivity contribution is 0.0468. The fourth-order valence-electron chi connectivity index (χ4n) is 2.81. The van der Waals surface area contributed by atoms with Crippen molar-refractivity contribution in [2.45, 2.75) is 19.9 Å². The number of aryl methyl sites for hydroxylation is 1. The third kappa shape index (κ3) is 3.93. The first-order valence-corrected chi connectivity index (χ1v) is 8.89. The van der Waals surface area contributed by atoms with Gasteiger partial charge < -0.3 is 9.47 Å². The SMILES string of the molecule is CCCn1nc(C(=O)OCC(=O)c2ccc(OC)cc2)c2ccccc2c1=O. The van der Waals surface area contributed by atoms with Gasteiger partial charge in [-0.1, -0.05) is 25.1 Å². The summed E-state index contributed by atoms with van der Waals surface area (Å²) < 4.78 is 11.5. The van der Waals surface area contributed by atoms with Gasteiger partial charge in [-0.25, -0.2) is 9.48 Å². The summed E-state index contributed by atoms with van der Waals surface area (Å²) in [4.78, 5) is 37.3. The Balaban J connectivity index is 1.83. The van der Waals surface area contributed by atoms with Gasteiger partial charge in [0.1, 0.15) is 5.75 Å². The van der Waals surface area contributed by atoms with Crippen molar-refractivity contribution < 1.29 is 19.1 Å². The van der Waals surface area contributed by atoms with E-state index in [-0.39, 0.29) is 17.0 Å². The number of Topliss-reactive ketones (excluding diaryl/α,β-unsaturated/α-hetero) is 1. The van der Waals surface area contributed by atoms with E-state index < -0.39 is 12.6 Å². The Labute approximate surface area is 161 Å². The molecule has 1 heterocycles. The summed E-state index contributed by atoms with van der Waals surface area (Å²) in [6.07, 6.45) is 0.690. The Bertz CT molecular complexity index is 1070. The number of ketones is 1. The van der Waals surface area contributed by atoms with E-state index in [0.29, 0.717) is 35.1 Å². The molecule has 7 heteroatoms. The first-order valence-electron chi connectivity index (χ1n) is 8.89. The number of carbonyl (C=O) groups excluding carboxylic acids is 2. The smallest absolute Gasteiger partial charge is 0.359 e. The second-order valence-corrected chi connectivity index (χ2v) is 6.15. The zero-order chi connectivity index (χ0) is 20.1. The van der Waals surface area contributed by atoms with Crippen LogP contribution in [0, 0.1) is 0 Å². The van der Waals surface area contributed by atoms with Crippen molar-refractivity contribution in [3.8, 4) is 5.75 Å². The zero-order valence-electron chi connectivity index (χ0n) is 15.7. The highest BCUT2D eigenvalue weighted by Gasteiger charge is 2.19. The molecule has 0 radical (unpaired) electrons. The van der Waals surface area contributed by atoms with Crippen molar-refractivity contribution in [3.05, 3.63) is 70.1 Å². The van der Waals surface area contributed by atoms with E-state index >= 15 is 0 Å². The number of fused-ring (bicyclic) bond motifs is 1. The van der Waals surface area contributed by atoms with Crippen molar-refractivity contribution >= 4 is 22.5 Å². The van der Waals surface area contributed by atoms with Crippen LogP contribution in [-0.4, -0.2) is 35.2 Å². The van der Waals surface area contributed by atoms with Crippen LogP contribution in [0.15, 0.2) is 53.3 Å². The van der Waals surface area contributed by atoms with E-state index in [1.807, 2.05) is 6.92 Å². The molecule has 0 unspecified atom stereocenters. The topological polar surface area (TPSA) is 87.5 Å². The van der Waals surface area contributed by atoms with Crippen molar-refractivity contribution in [3.63, 3.8) is 0 Å². The van der Waals surface area contributed by atoms with Gasteiger partial charge in [-0.2, -0.15) is 5.10 Å². The van der Waals surface area contributed by atoms with Crippen molar-refractivity contribution in [2.24, 2.45) is 0 Å². The minimum atomic E-state index is -0.747. The Morgan fingerprint density at radius 2 is 1.71 bits per heavy atom. The second-order valence-electron chi connectivity index (χ2n) is 6.15. The Kier molecular flexibility index (Phi) is 5.84. The molecule has 0 atom stereocenters. The molecule has 0 saturated carbocycles.